The molecule has 0 fully saturated rings. The topological polar surface area (TPSA) is 206 Å². The minimum Gasteiger partial charge on any atom is -0.542 e. The molecule has 0 spiro atoms. The van der Waals surface area contributed by atoms with Crippen molar-refractivity contribution in [3.05, 3.63) is 54.7 Å². The fourth-order valence-electron chi connectivity index (χ4n) is 1.13. The van der Waals surface area contributed by atoms with Crippen molar-refractivity contribution in [2.45, 2.75) is 0 Å². The van der Waals surface area contributed by atoms with Crippen LogP contribution < -0.4 is 15.3 Å². The van der Waals surface area contributed by atoms with Gasteiger partial charge in [-0.3, -0.25) is 0 Å². The number of nitrogens with one attached hydrogen (secondary N) is 3. The first-order chi connectivity index (χ1) is 11.4. The molecular formula is C12H9AuN6O6. The van der Waals surface area contributed by atoms with Crippen molar-refractivity contribution in [3.8, 4) is 0 Å². The Morgan fingerprint density at radius 2 is 0.880 bits per heavy atom. The molecule has 134 valence electrons. The largest absolute Gasteiger partial charge is 3.00 e. The van der Waals surface area contributed by atoms with Crippen molar-refractivity contribution in [2.24, 2.45) is 0 Å². The Balaban J connectivity index is 0.000000339. The predicted octanol–water partition coefficient (Wildman–Crippen LogP) is -3.68. The third kappa shape index (κ3) is 8.26. The van der Waals surface area contributed by atoms with Gasteiger partial charge < -0.3 is 44.7 Å². The Morgan fingerprint density at radius 3 is 0.960 bits per heavy atom. The summed E-state index contributed by atoms with van der Waals surface area (Å²) < 4.78 is 0. The van der Waals surface area contributed by atoms with Gasteiger partial charge in [-0.1, -0.05) is 0 Å². The molecule has 3 N–H and O–H groups in total. The van der Waals surface area contributed by atoms with E-state index in [1.54, 1.807) is 0 Å². The summed E-state index contributed by atoms with van der Waals surface area (Å²) in [5, 5.41) is 29.6. The molecule has 0 amide bonds. The maximum Gasteiger partial charge on any atom is 3.00 e. The van der Waals surface area contributed by atoms with Gasteiger partial charge in [-0.15, -0.1) is 0 Å². The second-order valence-electron chi connectivity index (χ2n) is 3.68. The smallest absolute Gasteiger partial charge is 0.542 e. The second kappa shape index (κ2) is 11.3. The van der Waals surface area contributed by atoms with E-state index in [1.807, 2.05) is 0 Å². The van der Waals surface area contributed by atoms with Crippen LogP contribution in [0.4, 0.5) is 0 Å². The van der Waals surface area contributed by atoms with E-state index in [1.165, 1.54) is 37.2 Å². The van der Waals surface area contributed by atoms with E-state index >= 15 is 0 Å². The van der Waals surface area contributed by atoms with Gasteiger partial charge in [0.05, 0.1) is 0 Å². The zero-order chi connectivity index (χ0) is 17.9. The minimum absolute atomic E-state index is 0. The van der Waals surface area contributed by atoms with Gasteiger partial charge in [0.25, 0.3) is 0 Å². The standard InChI is InChI=1S/3C4H4N2O2.Au/c3*7-4(8)3-5-1-2-6-3;/h3*1-2H,(H,5,6)(H,7,8);/q;;;+3/p-3. The van der Waals surface area contributed by atoms with Crippen LogP contribution in [0.2, 0.25) is 0 Å². The molecule has 0 aliphatic heterocycles. The van der Waals surface area contributed by atoms with Crippen LogP contribution in [-0.2, 0) is 22.4 Å². The first-order valence-electron chi connectivity index (χ1n) is 6.04. The average Bonchev–Trinajstić information content (AvgIpc) is 3.29. The van der Waals surface area contributed by atoms with Crippen LogP contribution >= 0.6 is 0 Å². The number of hydrogen-bond donors (Lipinski definition) is 3. The van der Waals surface area contributed by atoms with E-state index in [9.17, 15) is 29.7 Å². The number of nitrogens with zero attached hydrogens (tertiary/aromatic N) is 3. The number of aromatic nitrogens is 6. The fourth-order valence-corrected chi connectivity index (χ4v) is 1.13. The molecule has 3 aromatic heterocycles. The maximum absolute atomic E-state index is 9.86. The number of carboxylic acids is 3. The van der Waals surface area contributed by atoms with Crippen molar-refractivity contribution in [1.29, 1.82) is 0 Å². The number of carbonyl (C=O) groups excluding carboxylic acids is 3. The summed E-state index contributed by atoms with van der Waals surface area (Å²) in [6.07, 6.45) is 8.32. The van der Waals surface area contributed by atoms with Crippen LogP contribution in [0.3, 0.4) is 0 Å². The molecule has 0 aliphatic carbocycles. The average molecular weight is 530 g/mol. The third-order valence-electron chi connectivity index (χ3n) is 2.07. The molecule has 3 rings (SSSR count). The van der Waals surface area contributed by atoms with Crippen LogP contribution in [0, 0.1) is 0 Å². The number of carboxylic acid groups (broad SMARTS) is 3. The number of rotatable bonds is 3. The van der Waals surface area contributed by atoms with Crippen LogP contribution in [0.25, 0.3) is 0 Å². The van der Waals surface area contributed by atoms with Gasteiger partial charge in [0.15, 0.2) is 17.5 Å². The number of aromatic carboxylic acids is 3. The molecule has 0 aromatic carbocycles. The number of carbonyl (C=O) groups is 3. The van der Waals surface area contributed by atoms with E-state index in [2.05, 4.69) is 29.9 Å². The van der Waals surface area contributed by atoms with Crippen LogP contribution in [0.15, 0.2) is 37.2 Å². The molecule has 3 heterocycles. The molecule has 0 atom stereocenters. The number of hydrogen-bond acceptors (Lipinski definition) is 9. The van der Waals surface area contributed by atoms with Gasteiger partial charge in [0.1, 0.15) is 17.9 Å². The SMILES string of the molecule is O=C([O-])c1ncc[nH]1.O=C([O-])c1ncc[nH]1.O=C([O-])c1ncc[nH]1.[Au+3]. The number of aromatic amines is 3. The molecule has 13 heteroatoms. The summed E-state index contributed by atoms with van der Waals surface area (Å²) in [5.41, 5.74) is 0. The third-order valence-corrected chi connectivity index (χ3v) is 2.07. The first kappa shape index (κ1) is 21.8. The zero-order valence-electron chi connectivity index (χ0n) is 12.1. The first-order valence-corrected chi connectivity index (χ1v) is 6.04. The summed E-state index contributed by atoms with van der Waals surface area (Å²) >= 11 is 0. The summed E-state index contributed by atoms with van der Waals surface area (Å²) in [4.78, 5) is 46.9. The summed E-state index contributed by atoms with van der Waals surface area (Å²) in [7, 11) is 0. The molecule has 0 aliphatic rings. The van der Waals surface area contributed by atoms with Gasteiger partial charge in [-0.2, -0.15) is 0 Å². The van der Waals surface area contributed by atoms with Gasteiger partial charge in [0.2, 0.25) is 0 Å². The molecule has 0 unspecified atom stereocenters. The Morgan fingerprint density at radius 1 is 0.640 bits per heavy atom. The Labute approximate surface area is 154 Å². The zero-order valence-corrected chi connectivity index (χ0v) is 14.2. The molecule has 12 nitrogen and oxygen atoms in total. The number of imidazole rings is 3. The molecule has 0 saturated heterocycles. The molecule has 0 radical (unpaired) electrons. The Bertz CT molecular complexity index is 651. The van der Waals surface area contributed by atoms with Crippen molar-refractivity contribution in [3.63, 3.8) is 0 Å². The molecule has 25 heavy (non-hydrogen) atoms. The maximum atomic E-state index is 9.86. The van der Waals surface area contributed by atoms with Crippen molar-refractivity contribution < 1.29 is 52.1 Å². The minimum atomic E-state index is -1.28. The van der Waals surface area contributed by atoms with E-state index in [-0.39, 0.29) is 39.9 Å². The summed E-state index contributed by atoms with van der Waals surface area (Å²) in [5.74, 6) is -4.25. The van der Waals surface area contributed by atoms with Gasteiger partial charge >= 0.3 is 22.4 Å². The van der Waals surface area contributed by atoms with Crippen LogP contribution in [0.5, 0.6) is 0 Å². The Hall–Kier alpha value is -3.22. The van der Waals surface area contributed by atoms with Crippen molar-refractivity contribution in [1.82, 2.24) is 29.9 Å². The Kier molecular flexibility index (Phi) is 9.88. The predicted molar refractivity (Wildman–Crippen MR) is 68.8 cm³/mol. The van der Waals surface area contributed by atoms with Gasteiger partial charge in [-0.25, -0.2) is 15.0 Å². The van der Waals surface area contributed by atoms with E-state index in [4.69, 9.17) is 0 Å². The van der Waals surface area contributed by atoms with Crippen molar-refractivity contribution >= 4 is 17.9 Å². The normalized spacial score (nSPS) is 8.64. The monoisotopic (exact) mass is 530 g/mol. The quantitative estimate of drug-likeness (QED) is 0.285. The van der Waals surface area contributed by atoms with E-state index < -0.39 is 17.9 Å². The van der Waals surface area contributed by atoms with E-state index in [0.29, 0.717) is 0 Å². The second-order valence-corrected chi connectivity index (χ2v) is 3.68. The molecule has 0 bridgehead atoms. The molecule has 3 aromatic rings. The summed E-state index contributed by atoms with van der Waals surface area (Å²) in [6.45, 7) is 0. The van der Waals surface area contributed by atoms with Crippen LogP contribution in [0.1, 0.15) is 31.9 Å². The van der Waals surface area contributed by atoms with Gasteiger partial charge in [-0.05, 0) is 0 Å². The van der Waals surface area contributed by atoms with Crippen molar-refractivity contribution in [2.75, 3.05) is 0 Å². The molecule has 0 saturated carbocycles. The number of H-pyrrole nitrogens is 3. The molecular weight excluding hydrogens is 521 g/mol. The van der Waals surface area contributed by atoms with Gasteiger partial charge in [0, 0.05) is 37.2 Å². The van der Waals surface area contributed by atoms with Crippen LogP contribution in [-0.4, -0.2) is 47.8 Å². The summed E-state index contributed by atoms with van der Waals surface area (Å²) in [6, 6.07) is 0. The van der Waals surface area contributed by atoms with E-state index in [0.717, 1.165) is 0 Å². The fraction of sp³-hybridized carbons (Fsp3) is 0.